The van der Waals surface area contributed by atoms with Crippen molar-refractivity contribution in [2.24, 2.45) is 5.92 Å². The van der Waals surface area contributed by atoms with Gasteiger partial charge in [-0.05, 0) is 31.8 Å². The van der Waals surface area contributed by atoms with Crippen LogP contribution in [0, 0.1) is 5.92 Å². The predicted molar refractivity (Wildman–Crippen MR) is 71.4 cm³/mol. The number of piperidine rings is 1. The first-order chi connectivity index (χ1) is 9.28. The lowest BCUT2D eigenvalue weighted by Gasteiger charge is -2.34. The molecule has 0 saturated carbocycles. The summed E-state index contributed by atoms with van der Waals surface area (Å²) in [5.41, 5.74) is 0. The van der Waals surface area contributed by atoms with Gasteiger partial charge in [0.1, 0.15) is 0 Å². The Kier molecular flexibility index (Phi) is 6.75. The van der Waals surface area contributed by atoms with Gasteiger partial charge in [0.15, 0.2) is 0 Å². The molecule has 0 atom stereocenters. The van der Waals surface area contributed by atoms with E-state index in [-0.39, 0.29) is 24.4 Å². The van der Waals surface area contributed by atoms with Crippen LogP contribution in [0.15, 0.2) is 0 Å². The van der Waals surface area contributed by atoms with Gasteiger partial charge in [0.2, 0.25) is 5.91 Å². The molecule has 0 spiro atoms. The van der Waals surface area contributed by atoms with Gasteiger partial charge in [-0.1, -0.05) is 13.8 Å². The van der Waals surface area contributed by atoms with Crippen LogP contribution in [-0.4, -0.2) is 55.7 Å². The maximum absolute atomic E-state index is 12.6. The molecule has 1 aliphatic rings. The fourth-order valence-electron chi connectivity index (χ4n) is 2.27. The molecule has 0 unspecified atom stereocenters. The number of carbonyl (C=O) groups excluding carboxylic acids is 1. The number of carbonyl (C=O) groups is 1. The lowest BCUT2D eigenvalue weighted by atomic mass is 10.0. The molecule has 7 heteroatoms. The van der Waals surface area contributed by atoms with E-state index in [0.717, 1.165) is 0 Å². The summed E-state index contributed by atoms with van der Waals surface area (Å²) in [4.78, 5) is 13.0. The average Bonchev–Trinajstić information content (AvgIpc) is 2.35. The third kappa shape index (κ3) is 7.09. The quantitative estimate of drug-likeness (QED) is 0.778. The van der Waals surface area contributed by atoms with E-state index in [0.29, 0.717) is 32.5 Å². The summed E-state index contributed by atoms with van der Waals surface area (Å²) in [6, 6.07) is -0.178. The zero-order valence-corrected chi connectivity index (χ0v) is 12.1. The number of alkyl halides is 3. The molecule has 1 aliphatic heterocycles. The Labute approximate surface area is 118 Å². The Balaban J connectivity index is 2.55. The van der Waals surface area contributed by atoms with E-state index in [1.807, 2.05) is 13.8 Å². The van der Waals surface area contributed by atoms with Gasteiger partial charge in [-0.15, -0.1) is 0 Å². The maximum atomic E-state index is 12.6. The second kappa shape index (κ2) is 7.83. The van der Waals surface area contributed by atoms with Gasteiger partial charge >= 0.3 is 6.18 Å². The topological polar surface area (TPSA) is 44.4 Å². The minimum atomic E-state index is -4.27. The lowest BCUT2D eigenvalue weighted by Crippen LogP contribution is -2.50. The summed E-state index contributed by atoms with van der Waals surface area (Å²) in [6.07, 6.45) is -2.98. The van der Waals surface area contributed by atoms with Crippen molar-refractivity contribution in [3.8, 4) is 0 Å². The third-order valence-corrected chi connectivity index (χ3v) is 3.26. The van der Waals surface area contributed by atoms with Gasteiger partial charge in [0.25, 0.3) is 0 Å². The van der Waals surface area contributed by atoms with Crippen molar-refractivity contribution >= 4 is 5.91 Å². The molecular weight excluding hydrogens is 271 g/mol. The molecule has 2 N–H and O–H groups in total. The second-order valence-corrected chi connectivity index (χ2v) is 5.70. The fourth-order valence-corrected chi connectivity index (χ4v) is 2.27. The molecular formula is C13H24F3N3O. The van der Waals surface area contributed by atoms with Gasteiger partial charge in [0, 0.05) is 12.6 Å². The van der Waals surface area contributed by atoms with Gasteiger partial charge in [-0.25, -0.2) is 0 Å². The standard InChI is InChI=1S/C13H24F3N3O/c1-10(2)7-18-12(20)8-19(9-13(14,15)16)11-3-5-17-6-4-11/h10-11,17H,3-9H2,1-2H3,(H,18,20). The first-order valence-corrected chi connectivity index (χ1v) is 7.06. The van der Waals surface area contributed by atoms with E-state index >= 15 is 0 Å². The Hall–Kier alpha value is -0.820. The highest BCUT2D eigenvalue weighted by Gasteiger charge is 2.35. The van der Waals surface area contributed by atoms with Gasteiger partial charge in [0.05, 0.1) is 13.1 Å². The largest absolute Gasteiger partial charge is 0.401 e. The van der Waals surface area contributed by atoms with Crippen LogP contribution in [0.1, 0.15) is 26.7 Å². The molecule has 20 heavy (non-hydrogen) atoms. The van der Waals surface area contributed by atoms with Crippen LogP contribution < -0.4 is 10.6 Å². The van der Waals surface area contributed by atoms with Crippen LogP contribution in [0.3, 0.4) is 0 Å². The van der Waals surface area contributed by atoms with Crippen LogP contribution in [0.2, 0.25) is 0 Å². The highest BCUT2D eigenvalue weighted by atomic mass is 19.4. The van der Waals surface area contributed by atoms with E-state index in [1.165, 1.54) is 4.90 Å². The number of nitrogens with zero attached hydrogens (tertiary/aromatic N) is 1. The molecule has 0 bridgehead atoms. The van der Waals surface area contributed by atoms with Crippen molar-refractivity contribution in [2.75, 3.05) is 32.7 Å². The number of amides is 1. The van der Waals surface area contributed by atoms with Crippen molar-refractivity contribution in [3.05, 3.63) is 0 Å². The first-order valence-electron chi connectivity index (χ1n) is 7.06. The summed E-state index contributed by atoms with van der Waals surface area (Å²) in [5.74, 6) is -0.0459. The molecule has 0 aliphatic carbocycles. The SMILES string of the molecule is CC(C)CNC(=O)CN(CC(F)(F)F)C1CCNCC1. The number of rotatable bonds is 6. The molecule has 0 aromatic carbocycles. The number of halogens is 3. The van der Waals surface area contributed by atoms with Crippen molar-refractivity contribution in [1.29, 1.82) is 0 Å². The van der Waals surface area contributed by atoms with Crippen LogP contribution in [0.25, 0.3) is 0 Å². The molecule has 0 aromatic heterocycles. The second-order valence-electron chi connectivity index (χ2n) is 5.70. The zero-order chi connectivity index (χ0) is 15.2. The molecule has 1 fully saturated rings. The Morgan fingerprint density at radius 1 is 1.35 bits per heavy atom. The first kappa shape index (κ1) is 17.2. The molecule has 0 aromatic rings. The summed E-state index contributed by atoms with van der Waals surface area (Å²) >= 11 is 0. The van der Waals surface area contributed by atoms with Crippen molar-refractivity contribution in [1.82, 2.24) is 15.5 Å². The van der Waals surface area contributed by atoms with Gasteiger partial charge < -0.3 is 10.6 Å². The number of hydrogen-bond donors (Lipinski definition) is 2. The Morgan fingerprint density at radius 2 is 1.95 bits per heavy atom. The molecule has 1 rings (SSSR count). The minimum Gasteiger partial charge on any atom is -0.355 e. The monoisotopic (exact) mass is 295 g/mol. The summed E-state index contributed by atoms with van der Waals surface area (Å²) < 4.78 is 37.9. The molecule has 1 heterocycles. The molecule has 1 amide bonds. The van der Waals surface area contributed by atoms with Gasteiger partial charge in [-0.2, -0.15) is 13.2 Å². The zero-order valence-electron chi connectivity index (χ0n) is 12.1. The summed E-state index contributed by atoms with van der Waals surface area (Å²) in [6.45, 7) is 4.58. The number of nitrogens with one attached hydrogen (secondary N) is 2. The minimum absolute atomic E-state index is 0.178. The van der Waals surface area contributed by atoms with Gasteiger partial charge in [-0.3, -0.25) is 9.69 Å². The number of hydrogen-bond acceptors (Lipinski definition) is 3. The van der Waals surface area contributed by atoms with E-state index in [1.54, 1.807) is 0 Å². The summed E-state index contributed by atoms with van der Waals surface area (Å²) in [5, 5.41) is 5.79. The van der Waals surface area contributed by atoms with Crippen molar-refractivity contribution in [3.63, 3.8) is 0 Å². The molecule has 118 valence electrons. The summed E-state index contributed by atoms with van der Waals surface area (Å²) in [7, 11) is 0. The highest BCUT2D eigenvalue weighted by molar-refractivity contribution is 5.78. The van der Waals surface area contributed by atoms with E-state index in [4.69, 9.17) is 0 Å². The average molecular weight is 295 g/mol. The van der Waals surface area contributed by atoms with Crippen LogP contribution in [0.4, 0.5) is 13.2 Å². The Morgan fingerprint density at radius 3 is 2.45 bits per heavy atom. The van der Waals surface area contributed by atoms with Crippen LogP contribution >= 0.6 is 0 Å². The van der Waals surface area contributed by atoms with E-state index in [9.17, 15) is 18.0 Å². The normalized spacial score (nSPS) is 17.8. The van der Waals surface area contributed by atoms with Crippen molar-refractivity contribution < 1.29 is 18.0 Å². The molecule has 4 nitrogen and oxygen atoms in total. The van der Waals surface area contributed by atoms with Crippen LogP contribution in [-0.2, 0) is 4.79 Å². The van der Waals surface area contributed by atoms with Crippen molar-refractivity contribution in [2.45, 2.75) is 38.9 Å². The van der Waals surface area contributed by atoms with E-state index < -0.39 is 12.7 Å². The molecule has 1 saturated heterocycles. The highest BCUT2D eigenvalue weighted by Crippen LogP contribution is 2.21. The fraction of sp³-hybridized carbons (Fsp3) is 0.923. The third-order valence-electron chi connectivity index (χ3n) is 3.26. The maximum Gasteiger partial charge on any atom is 0.401 e. The smallest absolute Gasteiger partial charge is 0.355 e. The van der Waals surface area contributed by atoms with E-state index in [2.05, 4.69) is 10.6 Å². The predicted octanol–water partition coefficient (Wildman–Crippen LogP) is 1.37. The lowest BCUT2D eigenvalue weighted by molar-refractivity contribution is -0.154. The Bertz CT molecular complexity index is 302. The molecule has 0 radical (unpaired) electrons. The van der Waals surface area contributed by atoms with Crippen LogP contribution in [0.5, 0.6) is 0 Å².